The molecule has 1 aliphatic heterocycles. The Kier molecular flexibility index (Phi) is 4.50. The third-order valence-electron chi connectivity index (χ3n) is 4.21. The van der Waals surface area contributed by atoms with Gasteiger partial charge in [0, 0.05) is 12.6 Å². The Morgan fingerprint density at radius 1 is 1.46 bits per heavy atom. The number of aryl methyl sites for hydroxylation is 1. The minimum Gasteiger partial charge on any atom is -0.467 e. The Hall–Kier alpha value is -2.83. The van der Waals surface area contributed by atoms with Crippen molar-refractivity contribution in [3.63, 3.8) is 0 Å². The number of furan rings is 1. The van der Waals surface area contributed by atoms with Crippen LogP contribution in [0, 0.1) is 17.0 Å². The van der Waals surface area contributed by atoms with Gasteiger partial charge in [-0.3, -0.25) is 14.9 Å². The summed E-state index contributed by atoms with van der Waals surface area (Å²) in [6, 6.07) is 8.26. The number of nitrogens with one attached hydrogen (secondary N) is 1. The lowest BCUT2D eigenvalue weighted by molar-refractivity contribution is -0.384. The van der Waals surface area contributed by atoms with Gasteiger partial charge in [-0.15, -0.1) is 0 Å². The average molecular weight is 329 g/mol. The van der Waals surface area contributed by atoms with E-state index in [1.807, 2.05) is 17.9 Å². The molecule has 3 rings (SSSR count). The molecule has 1 amide bonds. The molecule has 1 aromatic heterocycles. The second kappa shape index (κ2) is 6.74. The highest BCUT2D eigenvalue weighted by atomic mass is 16.6. The number of nitro benzene ring substituents is 1. The molecule has 7 nitrogen and oxygen atoms in total. The zero-order valence-electron chi connectivity index (χ0n) is 13.4. The summed E-state index contributed by atoms with van der Waals surface area (Å²) in [5.41, 5.74) is 1.37. The molecule has 2 aromatic rings. The third kappa shape index (κ3) is 3.24. The summed E-state index contributed by atoms with van der Waals surface area (Å²) < 4.78 is 5.20. The Morgan fingerprint density at radius 3 is 3.00 bits per heavy atom. The van der Waals surface area contributed by atoms with Crippen LogP contribution in [0.4, 0.5) is 11.4 Å². The Balaban J connectivity index is 1.78. The van der Waals surface area contributed by atoms with Crippen LogP contribution < -0.4 is 10.2 Å². The number of nitro groups is 1. The normalized spacial score (nSPS) is 17.0. The van der Waals surface area contributed by atoms with Crippen molar-refractivity contribution in [1.82, 2.24) is 5.32 Å². The number of amides is 1. The molecule has 126 valence electrons. The van der Waals surface area contributed by atoms with Crippen LogP contribution in [-0.4, -0.2) is 23.4 Å². The fourth-order valence-electron chi connectivity index (χ4n) is 3.06. The highest BCUT2D eigenvalue weighted by Crippen LogP contribution is 2.34. The first-order valence-electron chi connectivity index (χ1n) is 7.88. The van der Waals surface area contributed by atoms with E-state index in [9.17, 15) is 14.9 Å². The van der Waals surface area contributed by atoms with Gasteiger partial charge in [-0.1, -0.05) is 6.07 Å². The zero-order chi connectivity index (χ0) is 17.1. The van der Waals surface area contributed by atoms with Gasteiger partial charge in [0.25, 0.3) is 5.69 Å². The second-order valence-electron chi connectivity index (χ2n) is 5.90. The van der Waals surface area contributed by atoms with E-state index in [0.717, 1.165) is 12.0 Å². The van der Waals surface area contributed by atoms with Crippen molar-refractivity contribution in [3.05, 3.63) is 58.0 Å². The lowest BCUT2D eigenvalue weighted by atomic mass is 10.1. The molecule has 1 fully saturated rings. The number of anilines is 1. The van der Waals surface area contributed by atoms with Crippen LogP contribution in [0.15, 0.2) is 41.0 Å². The minimum atomic E-state index is -0.402. The van der Waals surface area contributed by atoms with E-state index in [4.69, 9.17) is 4.42 Å². The number of benzene rings is 1. The number of hydrogen-bond donors (Lipinski definition) is 1. The fraction of sp³-hybridized carbons (Fsp3) is 0.353. The van der Waals surface area contributed by atoms with Crippen molar-refractivity contribution in [1.29, 1.82) is 0 Å². The smallest absolute Gasteiger partial charge is 0.292 e. The lowest BCUT2D eigenvalue weighted by Crippen LogP contribution is -2.43. The fourth-order valence-corrected chi connectivity index (χ4v) is 3.06. The Bertz CT molecular complexity index is 742. The van der Waals surface area contributed by atoms with Crippen molar-refractivity contribution in [2.24, 2.45) is 0 Å². The molecule has 1 aliphatic rings. The van der Waals surface area contributed by atoms with Crippen LogP contribution in [0.5, 0.6) is 0 Å². The van der Waals surface area contributed by atoms with Gasteiger partial charge in [0.1, 0.15) is 17.5 Å². The molecule has 24 heavy (non-hydrogen) atoms. The summed E-state index contributed by atoms with van der Waals surface area (Å²) in [6.45, 7) is 2.75. The highest BCUT2D eigenvalue weighted by molar-refractivity contribution is 5.87. The van der Waals surface area contributed by atoms with E-state index in [-0.39, 0.29) is 11.6 Å². The number of carbonyl (C=O) groups excluding carboxylic acids is 1. The number of rotatable bonds is 5. The van der Waals surface area contributed by atoms with E-state index < -0.39 is 11.0 Å². The first-order valence-corrected chi connectivity index (χ1v) is 7.88. The standard InChI is InChI=1S/C17H19N3O4/c1-12-6-7-14(16(10-12)20(22)23)19-8-2-5-15(19)17(21)18-11-13-4-3-9-24-13/h3-4,6-7,9-10,15H,2,5,8,11H2,1H3,(H,18,21). The van der Waals surface area contributed by atoms with E-state index in [0.29, 0.717) is 31.0 Å². The van der Waals surface area contributed by atoms with Gasteiger partial charge in [-0.2, -0.15) is 0 Å². The molecule has 1 saturated heterocycles. The second-order valence-corrected chi connectivity index (χ2v) is 5.90. The summed E-state index contributed by atoms with van der Waals surface area (Å²) in [5, 5.41) is 14.2. The van der Waals surface area contributed by atoms with E-state index in [2.05, 4.69) is 5.32 Å². The summed E-state index contributed by atoms with van der Waals surface area (Å²) in [7, 11) is 0. The maximum Gasteiger partial charge on any atom is 0.292 e. The van der Waals surface area contributed by atoms with Crippen LogP contribution >= 0.6 is 0 Å². The molecule has 1 aromatic carbocycles. The Morgan fingerprint density at radius 2 is 2.29 bits per heavy atom. The molecular formula is C17H19N3O4. The van der Waals surface area contributed by atoms with E-state index >= 15 is 0 Å². The van der Waals surface area contributed by atoms with Crippen LogP contribution in [0.25, 0.3) is 0 Å². The molecule has 1 unspecified atom stereocenters. The average Bonchev–Trinajstić information content (AvgIpc) is 3.24. The summed E-state index contributed by atoms with van der Waals surface area (Å²) in [6.07, 6.45) is 3.05. The van der Waals surface area contributed by atoms with E-state index in [1.54, 1.807) is 30.5 Å². The molecule has 7 heteroatoms. The summed E-state index contributed by atoms with van der Waals surface area (Å²) in [4.78, 5) is 25.3. The van der Waals surface area contributed by atoms with Gasteiger partial charge in [0.15, 0.2) is 0 Å². The number of carbonyl (C=O) groups is 1. The van der Waals surface area contributed by atoms with Crippen LogP contribution in [0.2, 0.25) is 0 Å². The molecule has 0 saturated carbocycles. The van der Waals surface area contributed by atoms with Crippen molar-refractivity contribution < 1.29 is 14.1 Å². The minimum absolute atomic E-state index is 0.0423. The van der Waals surface area contributed by atoms with Crippen molar-refractivity contribution in [2.75, 3.05) is 11.4 Å². The van der Waals surface area contributed by atoms with Crippen molar-refractivity contribution in [2.45, 2.75) is 32.4 Å². The summed E-state index contributed by atoms with van der Waals surface area (Å²) >= 11 is 0. The van der Waals surface area contributed by atoms with Gasteiger partial charge in [-0.25, -0.2) is 0 Å². The third-order valence-corrected chi connectivity index (χ3v) is 4.21. The van der Waals surface area contributed by atoms with Gasteiger partial charge < -0.3 is 14.6 Å². The van der Waals surface area contributed by atoms with Crippen LogP contribution in [-0.2, 0) is 11.3 Å². The van der Waals surface area contributed by atoms with Gasteiger partial charge >= 0.3 is 0 Å². The number of hydrogen-bond acceptors (Lipinski definition) is 5. The Labute approximate surface area is 139 Å². The predicted molar refractivity (Wildman–Crippen MR) is 88.8 cm³/mol. The largest absolute Gasteiger partial charge is 0.467 e. The van der Waals surface area contributed by atoms with Crippen molar-refractivity contribution in [3.8, 4) is 0 Å². The van der Waals surface area contributed by atoms with Gasteiger partial charge in [-0.05, 0) is 43.5 Å². The quantitative estimate of drug-likeness (QED) is 0.673. The predicted octanol–water partition coefficient (Wildman–Crippen LogP) is 2.78. The SMILES string of the molecule is Cc1ccc(N2CCCC2C(=O)NCc2ccco2)c([N+](=O)[O-])c1. The summed E-state index contributed by atoms with van der Waals surface area (Å²) in [5.74, 6) is 0.535. The zero-order valence-corrected chi connectivity index (χ0v) is 13.4. The first kappa shape index (κ1) is 16.0. The van der Waals surface area contributed by atoms with Crippen molar-refractivity contribution >= 4 is 17.3 Å². The monoisotopic (exact) mass is 329 g/mol. The first-order chi connectivity index (χ1) is 11.6. The topological polar surface area (TPSA) is 88.6 Å². The molecule has 1 N–H and O–H groups in total. The molecule has 0 spiro atoms. The van der Waals surface area contributed by atoms with Crippen LogP contribution in [0.1, 0.15) is 24.2 Å². The highest BCUT2D eigenvalue weighted by Gasteiger charge is 2.34. The molecular weight excluding hydrogens is 310 g/mol. The lowest BCUT2D eigenvalue weighted by Gasteiger charge is -2.25. The van der Waals surface area contributed by atoms with Gasteiger partial charge in [0.2, 0.25) is 5.91 Å². The molecule has 2 heterocycles. The molecule has 0 aliphatic carbocycles. The van der Waals surface area contributed by atoms with Gasteiger partial charge in [0.05, 0.1) is 17.7 Å². The molecule has 0 bridgehead atoms. The molecule has 0 radical (unpaired) electrons. The maximum atomic E-state index is 12.5. The maximum absolute atomic E-state index is 12.5. The van der Waals surface area contributed by atoms with Crippen LogP contribution in [0.3, 0.4) is 0 Å². The van der Waals surface area contributed by atoms with E-state index in [1.165, 1.54) is 0 Å². The number of nitrogens with zero attached hydrogens (tertiary/aromatic N) is 2. The molecule has 1 atom stereocenters.